The van der Waals surface area contributed by atoms with Crippen LogP contribution in [0.25, 0.3) is 0 Å². The standard InChI is InChI=1S/C16H18N2O2S/c1-8-5-6-12(15(17)21)7-13(8)18-16(19)14-9(2)10(3)20-11(14)4/h5-7H,1-4H3,(H2,17,21)(H,18,19). The number of anilines is 1. The van der Waals surface area contributed by atoms with E-state index < -0.39 is 0 Å². The van der Waals surface area contributed by atoms with Gasteiger partial charge in [0.2, 0.25) is 0 Å². The number of carbonyl (C=O) groups is 1. The van der Waals surface area contributed by atoms with Gasteiger partial charge in [0.15, 0.2) is 0 Å². The number of thiocarbonyl (C=S) groups is 1. The molecule has 0 saturated carbocycles. The minimum atomic E-state index is -0.190. The molecule has 1 amide bonds. The van der Waals surface area contributed by atoms with E-state index in [9.17, 15) is 4.79 Å². The van der Waals surface area contributed by atoms with Crippen LogP contribution < -0.4 is 11.1 Å². The van der Waals surface area contributed by atoms with Crippen LogP contribution in [0.2, 0.25) is 0 Å². The van der Waals surface area contributed by atoms with E-state index >= 15 is 0 Å². The van der Waals surface area contributed by atoms with Gasteiger partial charge in [-0.2, -0.15) is 0 Å². The Balaban J connectivity index is 2.35. The normalized spacial score (nSPS) is 10.5. The van der Waals surface area contributed by atoms with Crippen LogP contribution in [-0.2, 0) is 0 Å². The highest BCUT2D eigenvalue weighted by molar-refractivity contribution is 7.80. The van der Waals surface area contributed by atoms with E-state index in [4.69, 9.17) is 22.4 Å². The summed E-state index contributed by atoms with van der Waals surface area (Å²) in [7, 11) is 0. The number of nitrogens with one attached hydrogen (secondary N) is 1. The number of rotatable bonds is 3. The zero-order valence-corrected chi connectivity index (χ0v) is 13.4. The van der Waals surface area contributed by atoms with Crippen LogP contribution >= 0.6 is 12.2 Å². The molecule has 0 saturated heterocycles. The first-order valence-electron chi connectivity index (χ1n) is 6.59. The Morgan fingerprint density at radius 2 is 1.86 bits per heavy atom. The van der Waals surface area contributed by atoms with Crippen molar-refractivity contribution in [2.24, 2.45) is 5.73 Å². The maximum Gasteiger partial charge on any atom is 0.259 e. The molecule has 0 unspecified atom stereocenters. The molecule has 110 valence electrons. The van der Waals surface area contributed by atoms with Crippen LogP contribution in [0, 0.1) is 27.7 Å². The maximum absolute atomic E-state index is 12.5. The van der Waals surface area contributed by atoms with E-state index in [2.05, 4.69) is 5.32 Å². The second-order valence-corrected chi connectivity index (χ2v) is 5.50. The molecule has 5 heteroatoms. The summed E-state index contributed by atoms with van der Waals surface area (Å²) in [4.78, 5) is 12.8. The van der Waals surface area contributed by atoms with Gasteiger partial charge < -0.3 is 15.5 Å². The van der Waals surface area contributed by atoms with Gasteiger partial charge >= 0.3 is 0 Å². The lowest BCUT2D eigenvalue weighted by atomic mass is 10.1. The highest BCUT2D eigenvalue weighted by atomic mass is 32.1. The first-order valence-corrected chi connectivity index (χ1v) is 7.00. The molecule has 2 rings (SSSR count). The van der Waals surface area contributed by atoms with Crippen molar-refractivity contribution < 1.29 is 9.21 Å². The fraction of sp³-hybridized carbons (Fsp3) is 0.250. The SMILES string of the molecule is Cc1ccc(C(N)=S)cc1NC(=O)c1c(C)oc(C)c1C. The molecule has 0 aliphatic heterocycles. The number of hydrogen-bond acceptors (Lipinski definition) is 3. The fourth-order valence-corrected chi connectivity index (χ4v) is 2.35. The van der Waals surface area contributed by atoms with Crippen LogP contribution in [0.3, 0.4) is 0 Å². The second kappa shape index (κ2) is 5.69. The first kappa shape index (κ1) is 15.3. The van der Waals surface area contributed by atoms with Gasteiger partial charge in [0.05, 0.1) is 5.56 Å². The number of carbonyl (C=O) groups excluding carboxylic acids is 1. The summed E-state index contributed by atoms with van der Waals surface area (Å²) in [6.07, 6.45) is 0. The van der Waals surface area contributed by atoms with Crippen molar-refractivity contribution in [2.45, 2.75) is 27.7 Å². The molecule has 0 radical (unpaired) electrons. The number of benzene rings is 1. The Morgan fingerprint density at radius 3 is 2.38 bits per heavy atom. The van der Waals surface area contributed by atoms with Crippen molar-refractivity contribution >= 4 is 28.8 Å². The average Bonchev–Trinajstić information content (AvgIpc) is 2.65. The topological polar surface area (TPSA) is 68.3 Å². The Bertz CT molecular complexity index is 732. The Hall–Kier alpha value is -2.14. The van der Waals surface area contributed by atoms with Crippen molar-refractivity contribution in [1.82, 2.24) is 0 Å². The first-order chi connectivity index (χ1) is 9.81. The van der Waals surface area contributed by atoms with E-state index in [0.29, 0.717) is 22.0 Å². The minimum Gasteiger partial charge on any atom is -0.466 e. The molecule has 1 aromatic heterocycles. The zero-order chi connectivity index (χ0) is 15.7. The van der Waals surface area contributed by atoms with Crippen LogP contribution in [-0.4, -0.2) is 10.9 Å². The van der Waals surface area contributed by atoms with E-state index in [1.165, 1.54) is 0 Å². The summed E-state index contributed by atoms with van der Waals surface area (Å²) in [5, 5.41) is 2.90. The smallest absolute Gasteiger partial charge is 0.259 e. The van der Waals surface area contributed by atoms with Crippen LogP contribution in [0.5, 0.6) is 0 Å². The molecule has 4 nitrogen and oxygen atoms in total. The van der Waals surface area contributed by atoms with Gasteiger partial charge in [-0.15, -0.1) is 0 Å². The summed E-state index contributed by atoms with van der Waals surface area (Å²) in [5.41, 5.74) is 9.43. The summed E-state index contributed by atoms with van der Waals surface area (Å²) >= 11 is 4.97. The Kier molecular flexibility index (Phi) is 4.14. The molecule has 0 bridgehead atoms. The monoisotopic (exact) mass is 302 g/mol. The average molecular weight is 302 g/mol. The van der Waals surface area contributed by atoms with E-state index in [-0.39, 0.29) is 5.91 Å². The number of amides is 1. The van der Waals surface area contributed by atoms with E-state index in [1.54, 1.807) is 13.0 Å². The van der Waals surface area contributed by atoms with Crippen LogP contribution in [0.15, 0.2) is 22.6 Å². The maximum atomic E-state index is 12.5. The largest absolute Gasteiger partial charge is 0.466 e. The van der Waals surface area contributed by atoms with Crippen molar-refractivity contribution in [1.29, 1.82) is 0 Å². The molecule has 0 spiro atoms. The Morgan fingerprint density at radius 1 is 1.19 bits per heavy atom. The quantitative estimate of drug-likeness (QED) is 0.853. The molecule has 2 aromatic rings. The molecule has 0 fully saturated rings. The number of aryl methyl sites for hydroxylation is 3. The lowest BCUT2D eigenvalue weighted by Gasteiger charge is -2.10. The fourth-order valence-electron chi connectivity index (χ4n) is 2.22. The van der Waals surface area contributed by atoms with Gasteiger partial charge in [0.25, 0.3) is 5.91 Å². The molecular weight excluding hydrogens is 284 g/mol. The van der Waals surface area contributed by atoms with Crippen LogP contribution in [0.1, 0.15) is 38.6 Å². The van der Waals surface area contributed by atoms with Crippen LogP contribution in [0.4, 0.5) is 5.69 Å². The lowest BCUT2D eigenvalue weighted by Crippen LogP contribution is -2.16. The van der Waals surface area contributed by atoms with E-state index in [1.807, 2.05) is 32.9 Å². The number of nitrogens with two attached hydrogens (primary N) is 1. The van der Waals surface area contributed by atoms with Crippen molar-refractivity contribution in [2.75, 3.05) is 5.32 Å². The molecular formula is C16H18N2O2S. The van der Waals surface area contributed by atoms with Gasteiger partial charge in [-0.05, 0) is 39.3 Å². The summed E-state index contributed by atoms with van der Waals surface area (Å²) in [5.74, 6) is 1.18. The third-order valence-corrected chi connectivity index (χ3v) is 3.79. The molecule has 0 atom stereocenters. The van der Waals surface area contributed by atoms with Gasteiger partial charge in [-0.3, -0.25) is 4.79 Å². The minimum absolute atomic E-state index is 0.190. The molecule has 0 aliphatic rings. The van der Waals surface area contributed by atoms with Crippen molar-refractivity contribution in [3.63, 3.8) is 0 Å². The zero-order valence-electron chi connectivity index (χ0n) is 12.5. The molecule has 3 N–H and O–H groups in total. The summed E-state index contributed by atoms with van der Waals surface area (Å²) in [6, 6.07) is 5.50. The summed E-state index contributed by atoms with van der Waals surface area (Å²) < 4.78 is 5.49. The second-order valence-electron chi connectivity index (χ2n) is 5.06. The lowest BCUT2D eigenvalue weighted by molar-refractivity contribution is 0.102. The predicted octanol–water partition coefficient (Wildman–Crippen LogP) is 3.40. The molecule has 1 aromatic carbocycles. The third-order valence-electron chi connectivity index (χ3n) is 3.56. The van der Waals surface area contributed by atoms with Gasteiger partial charge in [-0.25, -0.2) is 0 Å². The summed E-state index contributed by atoms with van der Waals surface area (Å²) in [6.45, 7) is 7.42. The number of furan rings is 1. The van der Waals surface area contributed by atoms with Gasteiger partial charge in [0.1, 0.15) is 16.5 Å². The third kappa shape index (κ3) is 2.97. The van der Waals surface area contributed by atoms with Gasteiger partial charge in [-0.1, -0.05) is 24.4 Å². The number of hydrogen-bond donors (Lipinski definition) is 2. The van der Waals surface area contributed by atoms with Gasteiger partial charge in [0, 0.05) is 16.8 Å². The predicted molar refractivity (Wildman–Crippen MR) is 87.9 cm³/mol. The molecule has 0 aliphatic carbocycles. The highest BCUT2D eigenvalue weighted by Gasteiger charge is 2.19. The van der Waals surface area contributed by atoms with Crippen molar-refractivity contribution in [3.8, 4) is 0 Å². The van der Waals surface area contributed by atoms with E-state index in [0.717, 1.165) is 22.5 Å². The molecule has 21 heavy (non-hydrogen) atoms. The highest BCUT2D eigenvalue weighted by Crippen LogP contribution is 2.23. The van der Waals surface area contributed by atoms with Crippen molar-refractivity contribution in [3.05, 3.63) is 52.0 Å². The molecule has 1 heterocycles. The Labute approximate surface area is 129 Å².